The van der Waals surface area contributed by atoms with Gasteiger partial charge in [-0.3, -0.25) is 4.79 Å². The zero-order chi connectivity index (χ0) is 14.5. The first-order chi connectivity index (χ1) is 9.60. The second kappa shape index (κ2) is 6.49. The van der Waals surface area contributed by atoms with Crippen molar-refractivity contribution in [1.29, 1.82) is 0 Å². The van der Waals surface area contributed by atoms with Gasteiger partial charge in [0.2, 0.25) is 0 Å². The van der Waals surface area contributed by atoms with E-state index in [0.717, 1.165) is 10.8 Å². The molecular formula is C14H17N3O2S. The lowest BCUT2D eigenvalue weighted by Crippen LogP contribution is -2.13. The maximum absolute atomic E-state index is 12.0. The number of nitrogens with one attached hydrogen (secondary N) is 1. The van der Waals surface area contributed by atoms with Crippen LogP contribution in [0.25, 0.3) is 0 Å². The Labute approximate surface area is 121 Å². The second-order valence-electron chi connectivity index (χ2n) is 4.27. The Bertz CT molecular complexity index is 578. The summed E-state index contributed by atoms with van der Waals surface area (Å²) in [6.07, 6.45) is 0. The molecule has 2 rings (SSSR count). The maximum Gasteiger partial charge on any atom is 0.275 e. The molecule has 20 heavy (non-hydrogen) atoms. The fraction of sp³-hybridized carbons (Fsp3) is 0.286. The highest BCUT2D eigenvalue weighted by atomic mass is 32.1. The molecule has 1 unspecified atom stereocenters. The molecule has 1 atom stereocenters. The topological polar surface area (TPSA) is 77.2 Å². The highest BCUT2D eigenvalue weighted by molar-refractivity contribution is 7.09. The van der Waals surface area contributed by atoms with Crippen LogP contribution < -0.4 is 15.8 Å². The van der Waals surface area contributed by atoms with Crippen molar-refractivity contribution in [2.75, 3.05) is 11.9 Å². The number of ether oxygens (including phenoxy) is 1. The molecule has 0 saturated carbocycles. The lowest BCUT2D eigenvalue weighted by atomic mass is 10.3. The normalized spacial score (nSPS) is 11.9. The van der Waals surface area contributed by atoms with E-state index in [1.54, 1.807) is 17.5 Å². The molecule has 1 heterocycles. The van der Waals surface area contributed by atoms with Crippen molar-refractivity contribution in [3.05, 3.63) is 40.3 Å². The van der Waals surface area contributed by atoms with Crippen LogP contribution in [0.4, 0.5) is 5.69 Å². The van der Waals surface area contributed by atoms with Gasteiger partial charge in [-0.15, -0.1) is 11.3 Å². The van der Waals surface area contributed by atoms with Gasteiger partial charge in [0.05, 0.1) is 12.6 Å². The zero-order valence-electron chi connectivity index (χ0n) is 11.4. The first kappa shape index (κ1) is 14.5. The SMILES string of the molecule is CCOc1ccc(NC(=O)c2csc(C(C)N)n2)cc1. The van der Waals surface area contributed by atoms with Crippen molar-refractivity contribution in [3.8, 4) is 5.75 Å². The molecule has 0 radical (unpaired) electrons. The number of hydrogen-bond acceptors (Lipinski definition) is 5. The number of carbonyl (C=O) groups is 1. The van der Waals surface area contributed by atoms with E-state index in [0.29, 0.717) is 18.0 Å². The van der Waals surface area contributed by atoms with Crippen molar-refractivity contribution in [2.24, 2.45) is 5.73 Å². The average molecular weight is 291 g/mol. The van der Waals surface area contributed by atoms with E-state index in [-0.39, 0.29) is 11.9 Å². The van der Waals surface area contributed by atoms with Crippen molar-refractivity contribution < 1.29 is 9.53 Å². The number of rotatable bonds is 5. The van der Waals surface area contributed by atoms with Crippen molar-refractivity contribution in [2.45, 2.75) is 19.9 Å². The van der Waals surface area contributed by atoms with E-state index in [4.69, 9.17) is 10.5 Å². The summed E-state index contributed by atoms with van der Waals surface area (Å²) in [5.41, 5.74) is 6.82. The van der Waals surface area contributed by atoms with E-state index in [2.05, 4.69) is 10.3 Å². The Kier molecular flexibility index (Phi) is 4.70. The number of benzene rings is 1. The lowest BCUT2D eigenvalue weighted by Gasteiger charge is -2.06. The van der Waals surface area contributed by atoms with Crippen LogP contribution in [0, 0.1) is 0 Å². The van der Waals surface area contributed by atoms with Gasteiger partial charge in [-0.1, -0.05) is 0 Å². The van der Waals surface area contributed by atoms with E-state index in [9.17, 15) is 4.79 Å². The van der Waals surface area contributed by atoms with Crippen LogP contribution in [0.2, 0.25) is 0 Å². The summed E-state index contributed by atoms with van der Waals surface area (Å²) in [6, 6.07) is 7.05. The number of anilines is 1. The number of thiazole rings is 1. The van der Waals surface area contributed by atoms with E-state index < -0.39 is 0 Å². The zero-order valence-corrected chi connectivity index (χ0v) is 12.2. The first-order valence-electron chi connectivity index (χ1n) is 6.35. The predicted octanol–water partition coefficient (Wildman–Crippen LogP) is 2.81. The number of hydrogen-bond donors (Lipinski definition) is 2. The van der Waals surface area contributed by atoms with Gasteiger partial charge < -0.3 is 15.8 Å². The minimum absolute atomic E-state index is 0.160. The number of amides is 1. The fourth-order valence-electron chi connectivity index (χ4n) is 1.60. The first-order valence-corrected chi connectivity index (χ1v) is 7.23. The standard InChI is InChI=1S/C14H17N3O2S/c1-3-19-11-6-4-10(5-7-11)16-13(18)12-8-20-14(17-12)9(2)15/h4-9H,3,15H2,1-2H3,(H,16,18). The average Bonchev–Trinajstić information content (AvgIpc) is 2.91. The van der Waals surface area contributed by atoms with Gasteiger partial charge in [-0.05, 0) is 38.1 Å². The molecule has 0 saturated heterocycles. The molecule has 106 valence electrons. The van der Waals surface area contributed by atoms with Gasteiger partial charge >= 0.3 is 0 Å². The van der Waals surface area contributed by atoms with Gasteiger partial charge in [-0.2, -0.15) is 0 Å². The highest BCUT2D eigenvalue weighted by Gasteiger charge is 2.12. The molecule has 0 aliphatic carbocycles. The molecule has 0 fully saturated rings. The number of carbonyl (C=O) groups excluding carboxylic acids is 1. The summed E-state index contributed by atoms with van der Waals surface area (Å²) in [7, 11) is 0. The summed E-state index contributed by atoms with van der Waals surface area (Å²) >= 11 is 1.39. The summed E-state index contributed by atoms with van der Waals surface area (Å²) in [5, 5.41) is 5.25. The molecule has 0 spiro atoms. The summed E-state index contributed by atoms with van der Waals surface area (Å²) in [5.74, 6) is 0.538. The summed E-state index contributed by atoms with van der Waals surface area (Å²) in [6.45, 7) is 4.38. The molecule has 1 amide bonds. The number of nitrogens with zero attached hydrogens (tertiary/aromatic N) is 1. The Morgan fingerprint density at radius 1 is 1.45 bits per heavy atom. The molecule has 1 aromatic heterocycles. The van der Waals surface area contributed by atoms with Crippen LogP contribution in [0.15, 0.2) is 29.6 Å². The summed E-state index contributed by atoms with van der Waals surface area (Å²) in [4.78, 5) is 16.2. The van der Waals surface area contributed by atoms with Gasteiger partial charge in [0.25, 0.3) is 5.91 Å². The van der Waals surface area contributed by atoms with E-state index in [1.165, 1.54) is 11.3 Å². The van der Waals surface area contributed by atoms with Crippen molar-refractivity contribution in [3.63, 3.8) is 0 Å². The van der Waals surface area contributed by atoms with Crippen molar-refractivity contribution >= 4 is 22.9 Å². The van der Waals surface area contributed by atoms with Gasteiger partial charge in [0.1, 0.15) is 16.5 Å². The van der Waals surface area contributed by atoms with Crippen molar-refractivity contribution in [1.82, 2.24) is 4.98 Å². The smallest absolute Gasteiger partial charge is 0.275 e. The fourth-order valence-corrected chi connectivity index (χ4v) is 2.36. The quantitative estimate of drug-likeness (QED) is 0.888. The molecule has 0 aliphatic rings. The molecule has 0 bridgehead atoms. The minimum atomic E-state index is -0.239. The van der Waals surface area contributed by atoms with Crippen LogP contribution in [0.1, 0.15) is 35.4 Å². The highest BCUT2D eigenvalue weighted by Crippen LogP contribution is 2.19. The molecule has 2 aromatic rings. The molecule has 3 N–H and O–H groups in total. The molecule has 0 aliphatic heterocycles. The third-order valence-electron chi connectivity index (χ3n) is 2.57. The second-order valence-corrected chi connectivity index (χ2v) is 5.16. The van der Waals surface area contributed by atoms with Gasteiger partial charge in [-0.25, -0.2) is 4.98 Å². The Balaban J connectivity index is 2.03. The Morgan fingerprint density at radius 3 is 2.70 bits per heavy atom. The van der Waals surface area contributed by atoms with Crippen LogP contribution in [-0.2, 0) is 0 Å². The van der Waals surface area contributed by atoms with Crippen LogP contribution in [0.5, 0.6) is 5.75 Å². The molecule has 6 heteroatoms. The lowest BCUT2D eigenvalue weighted by molar-refractivity contribution is 0.102. The van der Waals surface area contributed by atoms with Crippen LogP contribution in [0.3, 0.4) is 0 Å². The third-order valence-corrected chi connectivity index (χ3v) is 3.61. The van der Waals surface area contributed by atoms with E-state index in [1.807, 2.05) is 26.0 Å². The predicted molar refractivity (Wildman–Crippen MR) is 80.3 cm³/mol. The summed E-state index contributed by atoms with van der Waals surface area (Å²) < 4.78 is 5.34. The van der Waals surface area contributed by atoms with Crippen LogP contribution in [-0.4, -0.2) is 17.5 Å². The van der Waals surface area contributed by atoms with Gasteiger partial charge in [0.15, 0.2) is 0 Å². The Morgan fingerprint density at radius 2 is 2.15 bits per heavy atom. The van der Waals surface area contributed by atoms with Gasteiger partial charge in [0, 0.05) is 11.1 Å². The number of nitrogens with two attached hydrogens (primary N) is 1. The maximum atomic E-state index is 12.0. The monoisotopic (exact) mass is 291 g/mol. The third kappa shape index (κ3) is 3.55. The molecule has 1 aromatic carbocycles. The minimum Gasteiger partial charge on any atom is -0.494 e. The van der Waals surface area contributed by atoms with Crippen LogP contribution >= 0.6 is 11.3 Å². The van der Waals surface area contributed by atoms with E-state index >= 15 is 0 Å². The number of aromatic nitrogens is 1. The Hall–Kier alpha value is -1.92. The molecular weight excluding hydrogens is 274 g/mol. The largest absolute Gasteiger partial charge is 0.494 e. The molecule has 5 nitrogen and oxygen atoms in total.